The van der Waals surface area contributed by atoms with Crippen LogP contribution in [0.25, 0.3) is 5.52 Å². The Morgan fingerprint density at radius 3 is 2.80 bits per heavy atom. The van der Waals surface area contributed by atoms with E-state index in [0.717, 1.165) is 31.7 Å². The second-order valence-corrected chi connectivity index (χ2v) is 8.56. The van der Waals surface area contributed by atoms with Crippen molar-refractivity contribution in [2.45, 2.75) is 44.2 Å². The maximum absolute atomic E-state index is 12.8. The number of alkyl halides is 3. The summed E-state index contributed by atoms with van der Waals surface area (Å²) in [6.07, 6.45) is 2.14. The molecule has 8 heteroatoms. The van der Waals surface area contributed by atoms with E-state index in [4.69, 9.17) is 0 Å². The zero-order valence-electron chi connectivity index (χ0n) is 14.6. The van der Waals surface area contributed by atoms with Gasteiger partial charge in [-0.3, -0.25) is 0 Å². The molecule has 4 nitrogen and oxygen atoms in total. The molecular formula is C17H23F3N4Se. The molecule has 4 rings (SSSR count). The predicted molar refractivity (Wildman–Crippen MR) is 94.7 cm³/mol. The third-order valence-corrected chi connectivity index (χ3v) is 6.71. The van der Waals surface area contributed by atoms with Crippen LogP contribution in [-0.4, -0.2) is 48.3 Å². The first-order valence-corrected chi connectivity index (χ1v) is 10.3. The van der Waals surface area contributed by atoms with Crippen molar-refractivity contribution in [3.63, 3.8) is 0 Å². The molecule has 2 aromatic rings. The summed E-state index contributed by atoms with van der Waals surface area (Å²) in [6.45, 7) is 7.63. The van der Waals surface area contributed by atoms with E-state index in [0.29, 0.717) is 21.6 Å². The molecular weight excluding hydrogens is 396 g/mol. The minimum absolute atomic E-state index is 0.0920. The van der Waals surface area contributed by atoms with Gasteiger partial charge in [-0.1, -0.05) is 13.8 Å². The third-order valence-electron chi connectivity index (χ3n) is 4.74. The van der Waals surface area contributed by atoms with Crippen molar-refractivity contribution in [3.8, 4) is 0 Å². The van der Waals surface area contributed by atoms with E-state index in [9.17, 15) is 13.2 Å². The monoisotopic (exact) mass is 420 g/mol. The summed E-state index contributed by atoms with van der Waals surface area (Å²) in [6, 6.07) is 5.43. The Kier molecular flexibility index (Phi) is 5.06. The third kappa shape index (κ3) is 3.66. The van der Waals surface area contributed by atoms with E-state index in [-0.39, 0.29) is 5.54 Å². The van der Waals surface area contributed by atoms with Crippen molar-refractivity contribution < 1.29 is 13.2 Å². The molecule has 2 unspecified atom stereocenters. The molecule has 2 N–H and O–H groups in total. The number of pyridine rings is 1. The standard InChI is InChI=1S/C15H17F3N4Se.C2H6/c1-9-13(23-15(16,17)18)11-3-2-4-12(22(11)21-9)20-14-5-6-19-8-10(14)7-14;1-2/h2-4,10,19-20H,5-8H2,1H3;1-2H3. The van der Waals surface area contributed by atoms with E-state index >= 15 is 0 Å². The van der Waals surface area contributed by atoms with Crippen molar-refractivity contribution >= 4 is 30.8 Å². The quantitative estimate of drug-likeness (QED) is 0.752. The van der Waals surface area contributed by atoms with Crippen molar-refractivity contribution in [1.29, 1.82) is 0 Å². The molecule has 1 saturated heterocycles. The molecule has 0 bridgehead atoms. The average Bonchev–Trinajstić information content (AvgIpc) is 3.21. The number of aromatic nitrogens is 2. The number of nitrogens with zero attached hydrogens (tertiary/aromatic N) is 2. The molecule has 0 amide bonds. The molecule has 1 saturated carbocycles. The van der Waals surface area contributed by atoms with E-state index in [1.807, 2.05) is 26.0 Å². The van der Waals surface area contributed by atoms with Crippen molar-refractivity contribution in [2.75, 3.05) is 18.4 Å². The summed E-state index contributed by atoms with van der Waals surface area (Å²) in [5.41, 5.74) is 1.12. The van der Waals surface area contributed by atoms with E-state index < -0.39 is 20.0 Å². The Balaban J connectivity index is 0.000000880. The Morgan fingerprint density at radius 2 is 2.12 bits per heavy atom. The molecule has 3 heterocycles. The number of piperidine rings is 1. The first kappa shape index (κ1) is 18.5. The number of anilines is 1. The van der Waals surface area contributed by atoms with Gasteiger partial charge in [0.05, 0.1) is 0 Å². The Labute approximate surface area is 151 Å². The van der Waals surface area contributed by atoms with E-state index in [1.165, 1.54) is 0 Å². The number of fused-ring (bicyclic) bond motifs is 2. The average molecular weight is 419 g/mol. The molecule has 138 valence electrons. The Hall–Kier alpha value is -1.24. The molecule has 2 aliphatic rings. The number of nitrogens with one attached hydrogen (secondary N) is 2. The number of aryl methyl sites for hydroxylation is 1. The molecule has 25 heavy (non-hydrogen) atoms. The predicted octanol–water partition coefficient (Wildman–Crippen LogP) is 2.68. The summed E-state index contributed by atoms with van der Waals surface area (Å²) in [4.78, 5) is 0. The van der Waals surface area contributed by atoms with Gasteiger partial charge in [0, 0.05) is 0 Å². The minimum atomic E-state index is -4.17. The zero-order chi connectivity index (χ0) is 18.2. The van der Waals surface area contributed by atoms with Gasteiger partial charge in [-0.2, -0.15) is 0 Å². The molecule has 2 atom stereocenters. The molecule has 0 radical (unpaired) electrons. The number of hydrogen-bond acceptors (Lipinski definition) is 3. The van der Waals surface area contributed by atoms with E-state index in [1.54, 1.807) is 17.5 Å². The van der Waals surface area contributed by atoms with Crippen molar-refractivity contribution in [1.82, 2.24) is 14.9 Å². The SMILES string of the molecule is CC.Cc1nn2c(NC34CCNCC3C4)cccc2c1[Se]C(F)(F)F. The fourth-order valence-corrected chi connectivity index (χ4v) is 4.94. The number of halogens is 3. The van der Waals surface area contributed by atoms with Gasteiger partial charge in [0.15, 0.2) is 0 Å². The number of hydrogen-bond donors (Lipinski definition) is 2. The van der Waals surface area contributed by atoms with Crippen LogP contribution in [0.4, 0.5) is 19.0 Å². The van der Waals surface area contributed by atoms with Gasteiger partial charge < -0.3 is 0 Å². The first-order chi connectivity index (χ1) is 11.9. The van der Waals surface area contributed by atoms with Crippen molar-refractivity contribution in [3.05, 3.63) is 23.9 Å². The Morgan fingerprint density at radius 1 is 1.36 bits per heavy atom. The van der Waals surface area contributed by atoms with Crippen LogP contribution >= 0.6 is 0 Å². The van der Waals surface area contributed by atoms with Crippen LogP contribution in [-0.2, 0) is 0 Å². The van der Waals surface area contributed by atoms with Crippen LogP contribution in [0.2, 0.25) is 0 Å². The van der Waals surface area contributed by atoms with Crippen LogP contribution in [0.1, 0.15) is 32.4 Å². The molecule has 0 aromatic carbocycles. The summed E-state index contributed by atoms with van der Waals surface area (Å²) >= 11 is -1.58. The van der Waals surface area contributed by atoms with Gasteiger partial charge in [-0.15, -0.1) is 0 Å². The maximum atomic E-state index is 12.8. The second-order valence-electron chi connectivity index (χ2n) is 6.31. The molecule has 0 spiro atoms. The number of rotatable bonds is 3. The Bertz CT molecular complexity index is 758. The molecule has 2 aromatic heterocycles. The molecule has 1 aliphatic carbocycles. The second kappa shape index (κ2) is 6.82. The van der Waals surface area contributed by atoms with Gasteiger partial charge in [-0.05, 0) is 0 Å². The summed E-state index contributed by atoms with van der Waals surface area (Å²) in [5, 5.41) is 7.14. The summed E-state index contributed by atoms with van der Waals surface area (Å²) in [7, 11) is 0. The fraction of sp³-hybridized carbons (Fsp3) is 0.588. The summed E-state index contributed by atoms with van der Waals surface area (Å²) in [5.74, 6) is 1.39. The van der Waals surface area contributed by atoms with Crippen LogP contribution in [0.5, 0.6) is 0 Å². The van der Waals surface area contributed by atoms with E-state index in [2.05, 4.69) is 15.7 Å². The molecule has 2 fully saturated rings. The summed E-state index contributed by atoms with van der Waals surface area (Å²) < 4.78 is 40.5. The topological polar surface area (TPSA) is 41.4 Å². The molecule has 1 aliphatic heterocycles. The van der Waals surface area contributed by atoms with Gasteiger partial charge in [-0.25, -0.2) is 0 Å². The first-order valence-electron chi connectivity index (χ1n) is 8.61. The van der Waals surface area contributed by atoms with Crippen LogP contribution in [0, 0.1) is 12.8 Å². The van der Waals surface area contributed by atoms with Crippen LogP contribution < -0.4 is 15.1 Å². The normalized spacial score (nSPS) is 25.1. The van der Waals surface area contributed by atoms with Gasteiger partial charge in [0.2, 0.25) is 0 Å². The van der Waals surface area contributed by atoms with Gasteiger partial charge in [0.1, 0.15) is 0 Å². The van der Waals surface area contributed by atoms with Gasteiger partial charge >= 0.3 is 137 Å². The van der Waals surface area contributed by atoms with Crippen LogP contribution in [0.15, 0.2) is 18.2 Å². The van der Waals surface area contributed by atoms with Crippen molar-refractivity contribution in [2.24, 2.45) is 5.92 Å². The van der Waals surface area contributed by atoms with Crippen LogP contribution in [0.3, 0.4) is 0 Å². The zero-order valence-corrected chi connectivity index (χ0v) is 16.3. The fourth-order valence-electron chi connectivity index (χ4n) is 3.51. The van der Waals surface area contributed by atoms with Gasteiger partial charge in [0.25, 0.3) is 0 Å².